The molecule has 1 saturated heterocycles. The molecule has 5 nitrogen and oxygen atoms in total. The zero-order valence-corrected chi connectivity index (χ0v) is 12.4. The van der Waals surface area contributed by atoms with Crippen molar-refractivity contribution in [3.8, 4) is 0 Å². The summed E-state index contributed by atoms with van der Waals surface area (Å²) in [6, 6.07) is 5.28. The smallest absolute Gasteiger partial charge is 0.260 e. The van der Waals surface area contributed by atoms with Gasteiger partial charge in [0.25, 0.3) is 5.56 Å². The van der Waals surface area contributed by atoms with E-state index in [1.54, 1.807) is 12.1 Å². The minimum atomic E-state index is -0.113. The molecule has 0 spiro atoms. The Morgan fingerprint density at radius 3 is 2.86 bits per heavy atom. The molecule has 1 aliphatic rings. The lowest BCUT2D eigenvalue weighted by atomic mass is 9.93. The van der Waals surface area contributed by atoms with E-state index in [0.29, 0.717) is 22.5 Å². The molecule has 0 saturated carbocycles. The average Bonchev–Trinajstić information content (AvgIpc) is 2.49. The fourth-order valence-electron chi connectivity index (χ4n) is 3.14. The van der Waals surface area contributed by atoms with Crippen molar-refractivity contribution < 1.29 is 0 Å². The van der Waals surface area contributed by atoms with E-state index in [1.165, 1.54) is 25.7 Å². The van der Waals surface area contributed by atoms with E-state index < -0.39 is 0 Å². The first kappa shape index (κ1) is 13.9. The summed E-state index contributed by atoms with van der Waals surface area (Å²) in [5, 5.41) is 0.555. The molecule has 1 aliphatic heterocycles. The molecule has 0 atom stereocenters. The highest BCUT2D eigenvalue weighted by molar-refractivity contribution is 5.81. The lowest BCUT2D eigenvalue weighted by Crippen LogP contribution is -2.35. The van der Waals surface area contributed by atoms with Crippen LogP contribution in [0.2, 0.25) is 0 Å². The number of aromatic amines is 1. The lowest BCUT2D eigenvalue weighted by Gasteiger charge is -2.32. The van der Waals surface area contributed by atoms with Crippen LogP contribution >= 0.6 is 0 Å². The van der Waals surface area contributed by atoms with Gasteiger partial charge in [0.15, 0.2) is 0 Å². The van der Waals surface area contributed by atoms with Crippen molar-refractivity contribution in [1.82, 2.24) is 9.97 Å². The van der Waals surface area contributed by atoms with Crippen LogP contribution in [0, 0.1) is 5.92 Å². The van der Waals surface area contributed by atoms with Crippen LogP contribution in [-0.2, 0) is 0 Å². The van der Waals surface area contributed by atoms with E-state index in [2.05, 4.69) is 21.8 Å². The predicted octanol–water partition coefficient (Wildman–Crippen LogP) is 2.52. The number of fused-ring (bicyclic) bond motifs is 1. The Labute approximate surface area is 124 Å². The Morgan fingerprint density at radius 1 is 1.38 bits per heavy atom. The SMILES string of the molecule is CCCC1CCN(c2nc3ccc(N)cc3c(=O)[nH]2)CC1. The Morgan fingerprint density at radius 2 is 2.14 bits per heavy atom. The zero-order chi connectivity index (χ0) is 14.8. The Hall–Kier alpha value is -2.04. The molecule has 0 unspecified atom stereocenters. The summed E-state index contributed by atoms with van der Waals surface area (Å²) in [6.07, 6.45) is 4.90. The van der Waals surface area contributed by atoms with Gasteiger partial charge in [0.05, 0.1) is 10.9 Å². The third-order valence-corrected chi connectivity index (χ3v) is 4.33. The molecular weight excluding hydrogens is 264 g/mol. The van der Waals surface area contributed by atoms with E-state index in [9.17, 15) is 4.79 Å². The second-order valence-electron chi connectivity index (χ2n) is 5.89. The summed E-state index contributed by atoms with van der Waals surface area (Å²) in [4.78, 5) is 21.9. The number of nitrogen functional groups attached to an aromatic ring is 1. The summed E-state index contributed by atoms with van der Waals surface area (Å²) in [7, 11) is 0. The number of rotatable bonds is 3. The standard InChI is InChI=1S/C16H22N4O/c1-2-3-11-6-8-20(9-7-11)16-18-14-5-4-12(17)10-13(14)15(21)19-16/h4-5,10-11H,2-3,6-9,17H2,1H3,(H,18,19,21). The van der Waals surface area contributed by atoms with Crippen LogP contribution in [-0.4, -0.2) is 23.1 Å². The second-order valence-corrected chi connectivity index (χ2v) is 5.89. The summed E-state index contributed by atoms with van der Waals surface area (Å²) in [6.45, 7) is 4.17. The normalized spacial score (nSPS) is 16.5. The van der Waals surface area contributed by atoms with Gasteiger partial charge in [-0.1, -0.05) is 19.8 Å². The topological polar surface area (TPSA) is 75.0 Å². The Kier molecular flexibility index (Phi) is 3.82. The molecule has 2 heterocycles. The second kappa shape index (κ2) is 5.76. The summed E-state index contributed by atoms with van der Waals surface area (Å²) in [5.41, 5.74) is 6.91. The van der Waals surface area contributed by atoms with Crippen molar-refractivity contribution in [2.24, 2.45) is 5.92 Å². The molecule has 2 aromatic rings. The van der Waals surface area contributed by atoms with Crippen molar-refractivity contribution in [3.05, 3.63) is 28.6 Å². The highest BCUT2D eigenvalue weighted by Gasteiger charge is 2.20. The molecule has 0 radical (unpaired) electrons. The van der Waals surface area contributed by atoms with Crippen LogP contribution in [0.5, 0.6) is 0 Å². The highest BCUT2D eigenvalue weighted by atomic mass is 16.1. The van der Waals surface area contributed by atoms with Gasteiger partial charge in [-0.15, -0.1) is 0 Å². The molecular formula is C16H22N4O. The van der Waals surface area contributed by atoms with Crippen molar-refractivity contribution in [2.75, 3.05) is 23.7 Å². The fraction of sp³-hybridized carbons (Fsp3) is 0.500. The molecule has 1 fully saturated rings. The molecule has 1 aromatic carbocycles. The van der Waals surface area contributed by atoms with Gasteiger partial charge >= 0.3 is 0 Å². The number of anilines is 2. The van der Waals surface area contributed by atoms with E-state index in [0.717, 1.165) is 19.0 Å². The number of piperidine rings is 1. The predicted molar refractivity (Wildman–Crippen MR) is 86.6 cm³/mol. The molecule has 3 rings (SSSR count). The van der Waals surface area contributed by atoms with Crippen LogP contribution in [0.4, 0.5) is 11.6 Å². The van der Waals surface area contributed by atoms with Crippen molar-refractivity contribution in [3.63, 3.8) is 0 Å². The number of benzene rings is 1. The largest absolute Gasteiger partial charge is 0.399 e. The number of hydrogen-bond donors (Lipinski definition) is 2. The van der Waals surface area contributed by atoms with Crippen LogP contribution in [0.15, 0.2) is 23.0 Å². The van der Waals surface area contributed by atoms with Crippen LogP contribution in [0.25, 0.3) is 10.9 Å². The summed E-state index contributed by atoms with van der Waals surface area (Å²) >= 11 is 0. The first-order valence-corrected chi connectivity index (χ1v) is 7.72. The van der Waals surface area contributed by atoms with E-state index >= 15 is 0 Å². The number of aromatic nitrogens is 2. The quantitative estimate of drug-likeness (QED) is 0.850. The maximum atomic E-state index is 12.2. The molecule has 112 valence electrons. The van der Waals surface area contributed by atoms with Gasteiger partial charge in [-0.25, -0.2) is 4.98 Å². The number of nitrogens with two attached hydrogens (primary N) is 1. The van der Waals surface area contributed by atoms with Crippen LogP contribution in [0.1, 0.15) is 32.6 Å². The lowest BCUT2D eigenvalue weighted by molar-refractivity contribution is 0.376. The number of H-pyrrole nitrogens is 1. The molecule has 21 heavy (non-hydrogen) atoms. The minimum absolute atomic E-state index is 0.113. The number of nitrogens with zero attached hydrogens (tertiary/aromatic N) is 2. The summed E-state index contributed by atoms with van der Waals surface area (Å²) in [5.74, 6) is 1.51. The summed E-state index contributed by atoms with van der Waals surface area (Å²) < 4.78 is 0. The van der Waals surface area contributed by atoms with E-state index in [4.69, 9.17) is 5.73 Å². The van der Waals surface area contributed by atoms with Crippen LogP contribution in [0.3, 0.4) is 0 Å². The van der Waals surface area contributed by atoms with Crippen LogP contribution < -0.4 is 16.2 Å². The van der Waals surface area contributed by atoms with Crippen molar-refractivity contribution >= 4 is 22.5 Å². The first-order chi connectivity index (χ1) is 10.2. The van der Waals surface area contributed by atoms with Gasteiger partial charge in [-0.3, -0.25) is 9.78 Å². The van der Waals surface area contributed by atoms with Gasteiger partial charge in [-0.05, 0) is 37.0 Å². The molecule has 5 heteroatoms. The van der Waals surface area contributed by atoms with E-state index in [-0.39, 0.29) is 5.56 Å². The highest BCUT2D eigenvalue weighted by Crippen LogP contribution is 2.24. The monoisotopic (exact) mass is 286 g/mol. The van der Waals surface area contributed by atoms with Gasteiger partial charge in [0.2, 0.25) is 5.95 Å². The Balaban J connectivity index is 1.85. The average molecular weight is 286 g/mol. The zero-order valence-electron chi connectivity index (χ0n) is 12.4. The van der Waals surface area contributed by atoms with Gasteiger partial charge in [-0.2, -0.15) is 0 Å². The maximum absolute atomic E-state index is 12.2. The van der Waals surface area contributed by atoms with Gasteiger partial charge in [0, 0.05) is 18.8 Å². The third-order valence-electron chi connectivity index (χ3n) is 4.33. The number of hydrogen-bond acceptors (Lipinski definition) is 4. The third kappa shape index (κ3) is 2.86. The number of nitrogens with one attached hydrogen (secondary N) is 1. The van der Waals surface area contributed by atoms with Crippen molar-refractivity contribution in [1.29, 1.82) is 0 Å². The van der Waals surface area contributed by atoms with Gasteiger partial charge < -0.3 is 10.6 Å². The molecule has 0 aliphatic carbocycles. The first-order valence-electron chi connectivity index (χ1n) is 7.72. The molecule has 3 N–H and O–H groups in total. The molecule has 0 amide bonds. The van der Waals surface area contributed by atoms with Gasteiger partial charge in [0.1, 0.15) is 0 Å². The van der Waals surface area contributed by atoms with E-state index in [1.807, 2.05) is 6.07 Å². The maximum Gasteiger partial charge on any atom is 0.260 e. The molecule has 0 bridgehead atoms. The Bertz CT molecular complexity index is 686. The van der Waals surface area contributed by atoms with Crippen molar-refractivity contribution in [2.45, 2.75) is 32.6 Å². The fourth-order valence-corrected chi connectivity index (χ4v) is 3.14. The minimum Gasteiger partial charge on any atom is -0.399 e. The molecule has 1 aromatic heterocycles.